The molecule has 0 bridgehead atoms. The zero-order valence-corrected chi connectivity index (χ0v) is 39.7. The molecule has 0 aliphatic heterocycles. The minimum atomic E-state index is 0.131. The number of terminal acetylenes is 1. The molecular formula is C53H92O2. The Balaban J connectivity index is -0.00000137. The van der Waals surface area contributed by atoms with E-state index in [2.05, 4.69) is 132 Å². The van der Waals surface area contributed by atoms with Gasteiger partial charge in [0, 0.05) is 12.8 Å². The Kier molecular flexibility index (Phi) is 34.5. The Morgan fingerprint density at radius 2 is 1.42 bits per heavy atom. The number of Topliss-reactive ketones (excluding diaryl/α,β-unsaturated/α-hetero) is 1. The number of hydrogen-bond donors (Lipinski definition) is 0. The summed E-state index contributed by atoms with van der Waals surface area (Å²) in [6.07, 6.45) is 23.4. The SMILES string of the molecule is C#C.C=Cc1cc(-c2cccc(CC(=O)CC3[C@@H](OC(CCC)CCC)CCCC3(C)C)c2C2CC2)ccc1C.CC.CC.CC.CC(C)C.CCC(C)C. The summed E-state index contributed by atoms with van der Waals surface area (Å²) in [5.74, 6) is 2.96. The minimum absolute atomic E-state index is 0.131. The van der Waals surface area contributed by atoms with Crippen LogP contribution in [0.4, 0.5) is 0 Å². The predicted octanol–water partition coefficient (Wildman–Crippen LogP) is 16.9. The molecule has 0 spiro atoms. The number of rotatable bonds is 14. The van der Waals surface area contributed by atoms with Gasteiger partial charge in [0.15, 0.2) is 0 Å². The summed E-state index contributed by atoms with van der Waals surface area (Å²) in [7, 11) is 0. The van der Waals surface area contributed by atoms with Gasteiger partial charge in [-0.2, -0.15) is 0 Å². The normalized spacial score (nSPS) is 16.4. The Labute approximate surface area is 345 Å². The maximum absolute atomic E-state index is 13.8. The van der Waals surface area contributed by atoms with Crippen molar-refractivity contribution in [3.8, 4) is 24.0 Å². The molecule has 2 nitrogen and oxygen atoms in total. The van der Waals surface area contributed by atoms with Gasteiger partial charge in [-0.3, -0.25) is 4.79 Å². The molecule has 0 heterocycles. The van der Waals surface area contributed by atoms with E-state index in [0.717, 1.165) is 43.9 Å². The van der Waals surface area contributed by atoms with Crippen molar-refractivity contribution in [3.05, 3.63) is 65.2 Å². The van der Waals surface area contributed by atoms with Gasteiger partial charge in [0.1, 0.15) is 5.78 Å². The number of carbonyl (C=O) groups excluding carboxylic acids is 1. The fraction of sp³-hybridized carbons (Fsp3) is 0.679. The molecule has 2 saturated carbocycles. The van der Waals surface area contributed by atoms with E-state index in [1.165, 1.54) is 65.5 Å². The zero-order valence-electron chi connectivity index (χ0n) is 39.7. The van der Waals surface area contributed by atoms with E-state index in [9.17, 15) is 4.79 Å². The van der Waals surface area contributed by atoms with Gasteiger partial charge in [0.2, 0.25) is 0 Å². The Morgan fingerprint density at radius 3 is 1.87 bits per heavy atom. The van der Waals surface area contributed by atoms with Crippen molar-refractivity contribution < 1.29 is 9.53 Å². The first kappa shape index (κ1) is 56.7. The highest BCUT2D eigenvalue weighted by Gasteiger charge is 2.41. The monoisotopic (exact) mass is 761 g/mol. The topological polar surface area (TPSA) is 26.3 Å². The molecule has 2 aromatic rings. The molecule has 1 unspecified atom stereocenters. The maximum atomic E-state index is 13.8. The molecule has 0 aromatic heterocycles. The van der Waals surface area contributed by atoms with Gasteiger partial charge in [0.05, 0.1) is 12.2 Å². The Hall–Kier alpha value is -2.63. The second-order valence-corrected chi connectivity index (χ2v) is 16.2. The van der Waals surface area contributed by atoms with Gasteiger partial charge in [-0.25, -0.2) is 0 Å². The Bertz CT molecular complexity index is 1250. The average Bonchev–Trinajstić information content (AvgIpc) is 4.02. The van der Waals surface area contributed by atoms with Crippen LogP contribution in [0.3, 0.4) is 0 Å². The summed E-state index contributed by atoms with van der Waals surface area (Å²) in [6, 6.07) is 13.3. The van der Waals surface area contributed by atoms with E-state index in [0.29, 0.717) is 36.6 Å². The van der Waals surface area contributed by atoms with Crippen LogP contribution >= 0.6 is 0 Å². The molecule has 0 N–H and O–H groups in total. The highest BCUT2D eigenvalue weighted by atomic mass is 16.5. The van der Waals surface area contributed by atoms with Gasteiger partial charge < -0.3 is 4.74 Å². The molecule has 2 aromatic carbocycles. The van der Waals surface area contributed by atoms with Crippen molar-refractivity contribution >= 4 is 11.9 Å². The van der Waals surface area contributed by atoms with Crippen LogP contribution < -0.4 is 0 Å². The van der Waals surface area contributed by atoms with Gasteiger partial charge >= 0.3 is 0 Å². The van der Waals surface area contributed by atoms with Crippen LogP contribution in [0, 0.1) is 42.9 Å². The van der Waals surface area contributed by atoms with Gasteiger partial charge in [-0.15, -0.1) is 12.8 Å². The molecule has 2 fully saturated rings. The third-order valence-corrected chi connectivity index (χ3v) is 9.99. The minimum Gasteiger partial charge on any atom is -0.375 e. The third-order valence-electron chi connectivity index (χ3n) is 9.99. The average molecular weight is 761 g/mol. The van der Waals surface area contributed by atoms with E-state index in [1.807, 2.05) is 47.6 Å². The maximum Gasteiger partial charge on any atom is 0.137 e. The molecule has 0 radical (unpaired) electrons. The molecule has 0 amide bonds. The lowest BCUT2D eigenvalue weighted by atomic mass is 9.65. The fourth-order valence-electron chi connectivity index (χ4n) is 6.82. The lowest BCUT2D eigenvalue weighted by molar-refractivity contribution is -0.130. The molecule has 2 aliphatic rings. The summed E-state index contributed by atoms with van der Waals surface area (Å²) in [4.78, 5) is 13.8. The molecule has 2 heteroatoms. The summed E-state index contributed by atoms with van der Waals surface area (Å²) < 4.78 is 6.79. The quantitative estimate of drug-likeness (QED) is 0.179. The van der Waals surface area contributed by atoms with Crippen LogP contribution in [0.1, 0.15) is 210 Å². The van der Waals surface area contributed by atoms with Crippen LogP contribution in [-0.2, 0) is 16.0 Å². The van der Waals surface area contributed by atoms with Crippen molar-refractivity contribution in [1.29, 1.82) is 0 Å². The summed E-state index contributed by atoms with van der Waals surface area (Å²) >= 11 is 0. The second-order valence-electron chi connectivity index (χ2n) is 16.2. The van der Waals surface area contributed by atoms with Crippen LogP contribution in [0.5, 0.6) is 0 Å². The van der Waals surface area contributed by atoms with Crippen LogP contribution in [0.2, 0.25) is 0 Å². The van der Waals surface area contributed by atoms with Crippen molar-refractivity contribution in [1.82, 2.24) is 0 Å². The predicted molar refractivity (Wildman–Crippen MR) is 251 cm³/mol. The lowest BCUT2D eigenvalue weighted by Crippen LogP contribution is -2.43. The molecule has 316 valence electrons. The first-order valence-electron chi connectivity index (χ1n) is 22.6. The Morgan fingerprint density at radius 1 is 0.891 bits per heavy atom. The zero-order chi connectivity index (χ0) is 43.1. The van der Waals surface area contributed by atoms with E-state index >= 15 is 0 Å². The number of carbonyl (C=O) groups is 1. The van der Waals surface area contributed by atoms with E-state index in [-0.39, 0.29) is 11.5 Å². The first-order valence-corrected chi connectivity index (χ1v) is 22.6. The fourth-order valence-corrected chi connectivity index (χ4v) is 6.82. The standard InChI is InChI=1S/C36H50O2.C5H12.C4H10.3C2H6.C2H2/c1-7-12-31(13-8-2)38-34-16-11-21-36(5,6)33(34)24-30(37)23-29-14-10-15-32(35(29)27-19-20-27)28-18-17-25(4)26(9-3)22-28;1-4-5(2)3;1-4(2)3;4*1-2/h9-10,14-15,17-18,22,27,31,33-34H,3,7-8,11-13,16,19-21,23-24H2,1-2,4-6H3;5H,4H2,1-3H3;4H,1-3H3;3*1-2H3;1-2H/t33?,34-;;;;;;/m0....../s1. The smallest absolute Gasteiger partial charge is 0.137 e. The van der Waals surface area contributed by atoms with E-state index in [4.69, 9.17) is 4.74 Å². The van der Waals surface area contributed by atoms with Crippen LogP contribution in [-0.4, -0.2) is 18.0 Å². The van der Waals surface area contributed by atoms with Crippen molar-refractivity contribution in [3.63, 3.8) is 0 Å². The number of benzene rings is 2. The molecule has 55 heavy (non-hydrogen) atoms. The summed E-state index contributed by atoms with van der Waals surface area (Å²) in [6.45, 7) is 40.5. The van der Waals surface area contributed by atoms with Crippen LogP contribution in [0.25, 0.3) is 17.2 Å². The summed E-state index contributed by atoms with van der Waals surface area (Å²) in [5, 5.41) is 0. The number of hydrogen-bond acceptors (Lipinski definition) is 2. The van der Waals surface area contributed by atoms with Crippen LogP contribution in [0.15, 0.2) is 43.0 Å². The number of aryl methyl sites for hydroxylation is 1. The van der Waals surface area contributed by atoms with Crippen molar-refractivity contribution in [2.75, 3.05) is 0 Å². The molecular weight excluding hydrogens is 669 g/mol. The molecule has 4 rings (SSSR count). The van der Waals surface area contributed by atoms with Crippen molar-refractivity contribution in [2.45, 2.75) is 213 Å². The van der Waals surface area contributed by atoms with Gasteiger partial charge in [-0.1, -0.05) is 179 Å². The van der Waals surface area contributed by atoms with Gasteiger partial charge in [-0.05, 0) is 114 Å². The van der Waals surface area contributed by atoms with Crippen molar-refractivity contribution in [2.24, 2.45) is 23.2 Å². The number of ketones is 1. The molecule has 0 saturated heterocycles. The third kappa shape index (κ3) is 22.6. The lowest BCUT2D eigenvalue weighted by Gasteiger charge is -2.45. The second kappa shape index (κ2) is 33.5. The molecule has 2 atom stereocenters. The largest absolute Gasteiger partial charge is 0.375 e. The van der Waals surface area contributed by atoms with Gasteiger partial charge in [0.25, 0.3) is 0 Å². The van der Waals surface area contributed by atoms with E-state index in [1.54, 1.807) is 0 Å². The highest BCUT2D eigenvalue weighted by molar-refractivity contribution is 5.83. The number of ether oxygens (including phenoxy) is 1. The molecule has 2 aliphatic carbocycles. The highest BCUT2D eigenvalue weighted by Crippen LogP contribution is 2.48. The van der Waals surface area contributed by atoms with E-state index < -0.39 is 0 Å². The first-order chi connectivity index (χ1) is 26.3. The summed E-state index contributed by atoms with van der Waals surface area (Å²) in [5.41, 5.74) is 7.73.